The molecule has 10 heteroatoms. The van der Waals surface area contributed by atoms with E-state index in [1.807, 2.05) is 13.0 Å². The molecule has 3 N–H and O–H groups in total. The Hall–Kier alpha value is -3.53. The van der Waals surface area contributed by atoms with Crippen LogP contribution >= 0.6 is 0 Å². The van der Waals surface area contributed by atoms with Crippen molar-refractivity contribution in [3.63, 3.8) is 0 Å². The highest BCUT2D eigenvalue weighted by Gasteiger charge is 2.48. The van der Waals surface area contributed by atoms with E-state index < -0.39 is 6.04 Å². The summed E-state index contributed by atoms with van der Waals surface area (Å²) in [6.07, 6.45) is 8.59. The topological polar surface area (TPSA) is 127 Å². The van der Waals surface area contributed by atoms with Crippen LogP contribution in [0.2, 0.25) is 0 Å². The molecule has 2 amide bonds. The van der Waals surface area contributed by atoms with E-state index in [4.69, 9.17) is 4.74 Å². The predicted octanol–water partition coefficient (Wildman–Crippen LogP) is 3.36. The molecule has 0 spiro atoms. The van der Waals surface area contributed by atoms with E-state index in [1.165, 1.54) is 0 Å². The minimum absolute atomic E-state index is 0.124. The van der Waals surface area contributed by atoms with Gasteiger partial charge in [-0.2, -0.15) is 10.2 Å². The Kier molecular flexibility index (Phi) is 7.36. The van der Waals surface area contributed by atoms with Crippen molar-refractivity contribution in [3.05, 3.63) is 47.7 Å². The smallest absolute Gasteiger partial charge is 0.270 e. The van der Waals surface area contributed by atoms with Gasteiger partial charge in [0.2, 0.25) is 5.91 Å². The van der Waals surface area contributed by atoms with E-state index in [-0.39, 0.29) is 17.7 Å². The van der Waals surface area contributed by atoms with Crippen LogP contribution in [-0.2, 0) is 22.5 Å². The third-order valence-electron chi connectivity index (χ3n) is 7.42. The fourth-order valence-electron chi connectivity index (χ4n) is 5.26. The van der Waals surface area contributed by atoms with Crippen molar-refractivity contribution in [3.8, 4) is 11.1 Å². The Morgan fingerprint density at radius 3 is 2.57 bits per heavy atom. The molecule has 0 saturated heterocycles. The third kappa shape index (κ3) is 5.58. The number of aryl methyl sites for hydroxylation is 2. The summed E-state index contributed by atoms with van der Waals surface area (Å²) in [5.74, 6) is 0.990. The summed E-state index contributed by atoms with van der Waals surface area (Å²) < 4.78 is 6.75. The van der Waals surface area contributed by atoms with Crippen molar-refractivity contribution in [2.75, 3.05) is 19.0 Å². The van der Waals surface area contributed by atoms with Crippen LogP contribution in [0.3, 0.4) is 0 Å². The standard InChI is InChI=1S/C27H35N7O3/c1-4-20-23(16(2)32-33-20)19-9-10-22(28-15-19)30-27(36)25(24(17-5-6-17)18-7-8-18)31-26(35)21-11-12-29-34(21)13-14-37-3/h9-12,15,17-18,24-25H,4-8,13-14H2,1-3H3,(H,31,35)(H,32,33)(H,28,30,36). The first-order chi connectivity index (χ1) is 18.0. The van der Waals surface area contributed by atoms with Crippen LogP contribution in [0.5, 0.6) is 0 Å². The molecule has 2 aliphatic rings. The highest BCUT2D eigenvalue weighted by molar-refractivity contribution is 6.00. The van der Waals surface area contributed by atoms with Gasteiger partial charge in [-0.25, -0.2) is 4.98 Å². The second kappa shape index (κ2) is 10.8. The van der Waals surface area contributed by atoms with Gasteiger partial charge in [0, 0.05) is 36.3 Å². The molecular weight excluding hydrogens is 470 g/mol. The van der Waals surface area contributed by atoms with E-state index in [0.717, 1.165) is 54.6 Å². The van der Waals surface area contributed by atoms with Crippen molar-refractivity contribution in [2.45, 2.75) is 58.5 Å². The van der Waals surface area contributed by atoms with Crippen LogP contribution in [0.4, 0.5) is 5.82 Å². The quantitative estimate of drug-likeness (QED) is 0.346. The first-order valence-electron chi connectivity index (χ1n) is 13.1. The molecule has 3 aromatic rings. The summed E-state index contributed by atoms with van der Waals surface area (Å²) in [6.45, 7) is 4.95. The number of rotatable bonds is 12. The largest absolute Gasteiger partial charge is 0.383 e. The molecule has 1 atom stereocenters. The number of aromatic nitrogens is 5. The molecule has 37 heavy (non-hydrogen) atoms. The van der Waals surface area contributed by atoms with Gasteiger partial charge in [-0.3, -0.25) is 19.4 Å². The summed E-state index contributed by atoms with van der Waals surface area (Å²) in [4.78, 5) is 31.4. The Balaban J connectivity index is 1.34. The summed E-state index contributed by atoms with van der Waals surface area (Å²) in [7, 11) is 1.61. The van der Waals surface area contributed by atoms with Gasteiger partial charge in [-0.1, -0.05) is 6.92 Å². The Labute approximate surface area is 216 Å². The second-order valence-corrected chi connectivity index (χ2v) is 10.1. The lowest BCUT2D eigenvalue weighted by atomic mass is 9.88. The van der Waals surface area contributed by atoms with Crippen molar-refractivity contribution in [1.82, 2.24) is 30.3 Å². The molecule has 0 radical (unpaired) electrons. The van der Waals surface area contributed by atoms with Gasteiger partial charge >= 0.3 is 0 Å². The number of nitrogens with one attached hydrogen (secondary N) is 3. The molecule has 2 fully saturated rings. The normalized spacial score (nSPS) is 16.1. The number of hydrogen-bond acceptors (Lipinski definition) is 6. The molecule has 2 saturated carbocycles. The first-order valence-corrected chi connectivity index (χ1v) is 13.1. The van der Waals surface area contributed by atoms with Gasteiger partial charge < -0.3 is 15.4 Å². The van der Waals surface area contributed by atoms with Gasteiger partial charge in [0.15, 0.2) is 0 Å². The number of nitrogens with zero attached hydrogens (tertiary/aromatic N) is 4. The van der Waals surface area contributed by atoms with Crippen molar-refractivity contribution in [1.29, 1.82) is 0 Å². The zero-order chi connectivity index (χ0) is 25.9. The van der Waals surface area contributed by atoms with E-state index in [9.17, 15) is 9.59 Å². The van der Waals surface area contributed by atoms with E-state index in [0.29, 0.717) is 36.5 Å². The summed E-state index contributed by atoms with van der Waals surface area (Å²) >= 11 is 0. The first kappa shape index (κ1) is 25.1. The Morgan fingerprint density at radius 1 is 1.19 bits per heavy atom. The molecule has 0 bridgehead atoms. The number of pyridine rings is 1. The zero-order valence-corrected chi connectivity index (χ0v) is 21.7. The molecule has 196 valence electrons. The fourth-order valence-corrected chi connectivity index (χ4v) is 5.26. The van der Waals surface area contributed by atoms with Gasteiger partial charge in [0.25, 0.3) is 5.91 Å². The molecule has 3 heterocycles. The van der Waals surface area contributed by atoms with Crippen LogP contribution in [-0.4, -0.2) is 56.5 Å². The Morgan fingerprint density at radius 2 is 1.95 bits per heavy atom. The van der Waals surface area contributed by atoms with Crippen LogP contribution in [0.15, 0.2) is 30.6 Å². The van der Waals surface area contributed by atoms with E-state index >= 15 is 0 Å². The molecule has 1 unspecified atom stereocenters. The van der Waals surface area contributed by atoms with Gasteiger partial charge in [-0.05, 0) is 75.0 Å². The number of anilines is 1. The van der Waals surface area contributed by atoms with Crippen molar-refractivity contribution in [2.24, 2.45) is 17.8 Å². The number of hydrogen-bond donors (Lipinski definition) is 3. The van der Waals surface area contributed by atoms with Crippen molar-refractivity contribution < 1.29 is 14.3 Å². The highest BCUT2D eigenvalue weighted by Crippen LogP contribution is 2.51. The highest BCUT2D eigenvalue weighted by atomic mass is 16.5. The number of methoxy groups -OCH3 is 1. The van der Waals surface area contributed by atoms with Crippen molar-refractivity contribution >= 4 is 17.6 Å². The number of carbonyl (C=O) groups is 2. The van der Waals surface area contributed by atoms with Gasteiger partial charge in [0.05, 0.1) is 18.8 Å². The third-order valence-corrected chi connectivity index (χ3v) is 7.42. The zero-order valence-electron chi connectivity index (χ0n) is 21.7. The lowest BCUT2D eigenvalue weighted by Gasteiger charge is -2.27. The minimum Gasteiger partial charge on any atom is -0.383 e. The minimum atomic E-state index is -0.637. The summed E-state index contributed by atoms with van der Waals surface area (Å²) in [5, 5.41) is 17.7. The number of ether oxygens (including phenoxy) is 1. The van der Waals surface area contributed by atoms with Gasteiger partial charge in [0.1, 0.15) is 17.6 Å². The summed E-state index contributed by atoms with van der Waals surface area (Å²) in [6, 6.07) is 4.79. The lowest BCUT2D eigenvalue weighted by Crippen LogP contribution is -2.50. The maximum Gasteiger partial charge on any atom is 0.270 e. The van der Waals surface area contributed by atoms with Gasteiger partial charge in [-0.15, -0.1) is 0 Å². The van der Waals surface area contributed by atoms with Crippen LogP contribution in [0, 0.1) is 24.7 Å². The number of H-pyrrole nitrogens is 1. The summed E-state index contributed by atoms with van der Waals surface area (Å²) in [5.41, 5.74) is 4.39. The lowest BCUT2D eigenvalue weighted by molar-refractivity contribution is -0.119. The van der Waals surface area contributed by atoms with E-state index in [2.05, 4.69) is 37.8 Å². The van der Waals surface area contributed by atoms with E-state index in [1.54, 1.807) is 36.3 Å². The fraction of sp³-hybridized carbons (Fsp3) is 0.519. The molecule has 2 aliphatic carbocycles. The number of aromatic amines is 1. The van der Waals surface area contributed by atoms with Crippen LogP contribution < -0.4 is 10.6 Å². The predicted molar refractivity (Wildman–Crippen MR) is 139 cm³/mol. The van der Waals surface area contributed by atoms with Crippen LogP contribution in [0.25, 0.3) is 11.1 Å². The number of amides is 2. The maximum absolute atomic E-state index is 13.6. The molecule has 10 nitrogen and oxygen atoms in total. The average Bonchev–Trinajstić information content (AvgIpc) is 3.83. The molecule has 0 aromatic carbocycles. The monoisotopic (exact) mass is 505 g/mol. The molecule has 0 aliphatic heterocycles. The molecular formula is C27H35N7O3. The average molecular weight is 506 g/mol. The second-order valence-electron chi connectivity index (χ2n) is 10.1. The van der Waals surface area contributed by atoms with Crippen LogP contribution in [0.1, 0.15) is 54.5 Å². The maximum atomic E-state index is 13.6. The Bertz CT molecular complexity index is 1230. The molecule has 3 aromatic heterocycles. The SMILES string of the molecule is CCc1[nH]nc(C)c1-c1ccc(NC(=O)C(NC(=O)c2ccnn2CCOC)C(C2CC2)C2CC2)nc1. The number of carbonyl (C=O) groups excluding carboxylic acids is 2. The molecule has 5 rings (SSSR count).